The number of ether oxygens (including phenoxy) is 1. The van der Waals surface area contributed by atoms with E-state index in [-0.39, 0.29) is 35.2 Å². The summed E-state index contributed by atoms with van der Waals surface area (Å²) in [5.74, 6) is -0.469. The number of alkyl halides is 9. The number of hydrogen-bond donors (Lipinski definition) is 1. The third-order valence-corrected chi connectivity index (χ3v) is 10.7. The Morgan fingerprint density at radius 2 is 1.47 bits per heavy atom. The molecule has 17 heteroatoms. The molecule has 1 heterocycles. The number of carboxylic acid groups (broad SMARTS) is 1. The lowest BCUT2D eigenvalue weighted by Gasteiger charge is -2.37. The third-order valence-electron chi connectivity index (χ3n) is 10.2. The van der Waals surface area contributed by atoms with Gasteiger partial charge in [0.15, 0.2) is 5.75 Å². The molecule has 0 radical (unpaired) electrons. The molecule has 1 saturated carbocycles. The lowest BCUT2D eigenvalue weighted by Crippen LogP contribution is -2.35. The number of rotatable bonds is 16. The second kappa shape index (κ2) is 18.4. The molecule has 0 aliphatic heterocycles. The van der Waals surface area contributed by atoms with E-state index < -0.39 is 65.3 Å². The molecule has 2 unspecified atom stereocenters. The molecule has 4 rings (SSSR count). The Kier molecular flexibility index (Phi) is 14.6. The topological polar surface area (TPSA) is 78.8 Å². The van der Waals surface area contributed by atoms with Crippen LogP contribution in [0.3, 0.4) is 0 Å². The van der Waals surface area contributed by atoms with Crippen LogP contribution in [0.15, 0.2) is 48.8 Å². The molecule has 1 aromatic heterocycles. The minimum Gasteiger partial charge on any atom is -0.489 e. The van der Waals surface area contributed by atoms with Gasteiger partial charge >= 0.3 is 24.5 Å². The fourth-order valence-corrected chi connectivity index (χ4v) is 7.38. The van der Waals surface area contributed by atoms with Crippen LogP contribution in [0, 0.1) is 17.8 Å². The summed E-state index contributed by atoms with van der Waals surface area (Å²) in [6.45, 7) is 5.67. The monoisotopic (exact) mass is 808 g/mol. The number of halogens is 9. The van der Waals surface area contributed by atoms with E-state index in [1.807, 2.05) is 25.0 Å². The zero-order chi connectivity index (χ0) is 40.7. The SMILES string of the molecule is CCC(C(=O)O)[C@H]1CC[C@H](CN(CC)c2ccc(C(F)(F)F)cc2CN(c2ncc(OCCSC)cn2)C(C)c2cc(C(F)(F)F)cc(C(F)(F)F)c2)CC1. The second-order valence-electron chi connectivity index (χ2n) is 13.7. The molecule has 2 aromatic carbocycles. The van der Waals surface area contributed by atoms with Crippen molar-refractivity contribution < 1.29 is 54.2 Å². The van der Waals surface area contributed by atoms with E-state index in [0.29, 0.717) is 75.4 Å². The number of hydrogen-bond acceptors (Lipinski definition) is 7. The van der Waals surface area contributed by atoms with E-state index in [0.717, 1.165) is 12.1 Å². The van der Waals surface area contributed by atoms with Gasteiger partial charge in [-0.25, -0.2) is 9.97 Å². The molecule has 1 N–H and O–H groups in total. The van der Waals surface area contributed by atoms with Crippen molar-refractivity contribution >= 4 is 29.4 Å². The number of carbonyl (C=O) groups is 1. The molecule has 304 valence electrons. The van der Waals surface area contributed by atoms with Crippen LogP contribution in [-0.2, 0) is 29.9 Å². The van der Waals surface area contributed by atoms with Crippen LogP contribution in [0.2, 0.25) is 0 Å². The van der Waals surface area contributed by atoms with E-state index in [1.54, 1.807) is 0 Å². The number of thioether (sulfide) groups is 1. The van der Waals surface area contributed by atoms with E-state index in [2.05, 4.69) is 9.97 Å². The average Bonchev–Trinajstić information content (AvgIpc) is 3.12. The summed E-state index contributed by atoms with van der Waals surface area (Å²) in [7, 11) is 0. The predicted molar refractivity (Wildman–Crippen MR) is 193 cm³/mol. The molecule has 2 atom stereocenters. The Hall–Kier alpha value is -3.89. The van der Waals surface area contributed by atoms with Crippen molar-refractivity contribution in [2.24, 2.45) is 17.8 Å². The molecule has 1 aliphatic carbocycles. The molecule has 7 nitrogen and oxygen atoms in total. The Morgan fingerprint density at radius 3 is 1.96 bits per heavy atom. The second-order valence-corrected chi connectivity index (χ2v) is 14.7. The molecule has 0 spiro atoms. The molecule has 3 aromatic rings. The van der Waals surface area contributed by atoms with Gasteiger partial charge in [0, 0.05) is 31.1 Å². The summed E-state index contributed by atoms with van der Waals surface area (Å²) in [5.41, 5.74) is -3.99. The summed E-state index contributed by atoms with van der Waals surface area (Å²) in [5, 5.41) is 9.65. The first-order valence-electron chi connectivity index (χ1n) is 17.9. The van der Waals surface area contributed by atoms with Gasteiger partial charge in [-0.05, 0) is 112 Å². The van der Waals surface area contributed by atoms with Crippen LogP contribution in [0.25, 0.3) is 0 Å². The normalized spacial score (nSPS) is 17.8. The van der Waals surface area contributed by atoms with Gasteiger partial charge in [0.05, 0.1) is 47.7 Å². The highest BCUT2D eigenvalue weighted by atomic mass is 32.2. The molecule has 55 heavy (non-hydrogen) atoms. The Balaban J connectivity index is 1.79. The van der Waals surface area contributed by atoms with E-state index in [1.165, 1.54) is 42.0 Å². The van der Waals surface area contributed by atoms with Gasteiger partial charge in [-0.15, -0.1) is 0 Å². The first kappa shape index (κ1) is 43.8. The van der Waals surface area contributed by atoms with Crippen LogP contribution in [0.1, 0.15) is 86.7 Å². The molecule has 1 aliphatic rings. The van der Waals surface area contributed by atoms with Gasteiger partial charge in [0.1, 0.15) is 0 Å². The Morgan fingerprint density at radius 1 is 0.891 bits per heavy atom. The van der Waals surface area contributed by atoms with Gasteiger partial charge in [0.25, 0.3) is 0 Å². The van der Waals surface area contributed by atoms with Gasteiger partial charge < -0.3 is 19.6 Å². The highest BCUT2D eigenvalue weighted by molar-refractivity contribution is 7.98. The number of carboxylic acids is 1. The number of aliphatic carboxylic acids is 1. The van der Waals surface area contributed by atoms with Gasteiger partial charge in [0.2, 0.25) is 5.95 Å². The van der Waals surface area contributed by atoms with Gasteiger partial charge in [-0.2, -0.15) is 51.3 Å². The standard InChI is InChI=1S/C38H45F9N4O3S/c1-5-32(34(52)53)25-9-7-24(8-10-25)21-50(6-2)33-12-11-28(36(39,40)41)17-27(33)22-51(35-48-19-31(20-49-35)54-13-14-55-4)23(3)26-15-29(37(42,43)44)18-30(16-26)38(45,46)47/h11-12,15-20,23-25,32H,5-10,13-14,21-22H2,1-4H3,(H,52,53)/t23?,24-,25-,32?. The smallest absolute Gasteiger partial charge is 0.416 e. The lowest BCUT2D eigenvalue weighted by atomic mass is 9.75. The van der Waals surface area contributed by atoms with Gasteiger partial charge in [-0.1, -0.05) is 6.92 Å². The van der Waals surface area contributed by atoms with Crippen molar-refractivity contribution in [2.75, 3.05) is 41.5 Å². The lowest BCUT2D eigenvalue weighted by molar-refractivity contribution is -0.145. The van der Waals surface area contributed by atoms with Gasteiger partial charge in [-0.3, -0.25) is 4.79 Å². The fraction of sp³-hybridized carbons (Fsp3) is 0.553. The van der Waals surface area contributed by atoms with E-state index in [4.69, 9.17) is 4.74 Å². The van der Waals surface area contributed by atoms with Crippen molar-refractivity contribution in [3.63, 3.8) is 0 Å². The van der Waals surface area contributed by atoms with Crippen molar-refractivity contribution in [2.45, 2.75) is 84.0 Å². The van der Waals surface area contributed by atoms with Crippen molar-refractivity contribution in [3.8, 4) is 5.75 Å². The van der Waals surface area contributed by atoms with Crippen LogP contribution >= 0.6 is 11.8 Å². The summed E-state index contributed by atoms with van der Waals surface area (Å²) in [4.78, 5) is 23.5. The van der Waals surface area contributed by atoms with Crippen LogP contribution in [0.5, 0.6) is 5.75 Å². The minimum atomic E-state index is -5.13. The maximum absolute atomic E-state index is 14.2. The minimum absolute atomic E-state index is 0.0132. The molecular formula is C38H45F9N4O3S. The largest absolute Gasteiger partial charge is 0.489 e. The molecule has 1 fully saturated rings. The van der Waals surface area contributed by atoms with E-state index in [9.17, 15) is 49.4 Å². The average molecular weight is 809 g/mol. The van der Waals surface area contributed by atoms with Crippen LogP contribution in [0.4, 0.5) is 51.1 Å². The zero-order valence-electron chi connectivity index (χ0n) is 30.9. The Labute approximate surface area is 318 Å². The number of anilines is 2. The van der Waals surface area contributed by atoms with Crippen molar-refractivity contribution in [1.29, 1.82) is 0 Å². The number of benzene rings is 2. The van der Waals surface area contributed by atoms with E-state index >= 15 is 0 Å². The predicted octanol–water partition coefficient (Wildman–Crippen LogP) is 10.8. The van der Waals surface area contributed by atoms with Crippen molar-refractivity contribution in [3.05, 3.63) is 76.6 Å². The summed E-state index contributed by atoms with van der Waals surface area (Å²) >= 11 is 1.52. The fourth-order valence-electron chi connectivity index (χ4n) is 7.13. The zero-order valence-corrected chi connectivity index (χ0v) is 31.7. The summed E-state index contributed by atoms with van der Waals surface area (Å²) in [6.07, 6.45) is -7.31. The quantitative estimate of drug-likeness (QED) is 0.113. The highest BCUT2D eigenvalue weighted by Gasteiger charge is 2.39. The van der Waals surface area contributed by atoms with Crippen LogP contribution in [-0.4, -0.2) is 52.7 Å². The number of aromatic nitrogens is 2. The molecule has 0 bridgehead atoms. The molecule has 0 saturated heterocycles. The Bertz CT molecular complexity index is 1680. The maximum Gasteiger partial charge on any atom is 0.416 e. The molecule has 0 amide bonds. The highest BCUT2D eigenvalue weighted by Crippen LogP contribution is 2.41. The summed E-state index contributed by atoms with van der Waals surface area (Å²) < 4.78 is 132. The molecular weight excluding hydrogens is 763 g/mol. The van der Waals surface area contributed by atoms with Crippen LogP contribution < -0.4 is 14.5 Å². The number of nitrogens with zero attached hydrogens (tertiary/aromatic N) is 4. The maximum atomic E-state index is 14.2. The van der Waals surface area contributed by atoms with Crippen molar-refractivity contribution in [1.82, 2.24) is 9.97 Å². The first-order valence-corrected chi connectivity index (χ1v) is 19.3. The summed E-state index contributed by atoms with van der Waals surface area (Å²) in [6, 6.07) is 3.07. The first-order chi connectivity index (χ1) is 25.8. The third kappa shape index (κ3) is 11.6.